The fourth-order valence-electron chi connectivity index (χ4n) is 4.62. The molecule has 2 heterocycles. The van der Waals surface area contributed by atoms with Crippen LogP contribution in [0.3, 0.4) is 0 Å². The van der Waals surface area contributed by atoms with Gasteiger partial charge >= 0.3 is 5.97 Å². The Labute approximate surface area is 196 Å². The average Bonchev–Trinajstić information content (AvgIpc) is 3.26. The minimum atomic E-state index is -1.56. The molecular formula is C26H24N2O6. The summed E-state index contributed by atoms with van der Waals surface area (Å²) in [6.07, 6.45) is 1.79. The molecule has 1 atom stereocenters. The Morgan fingerprint density at radius 3 is 1.71 bits per heavy atom. The summed E-state index contributed by atoms with van der Waals surface area (Å²) in [6, 6.07) is 13.0. The Balaban J connectivity index is 1.62. The molecule has 8 heteroatoms. The van der Waals surface area contributed by atoms with Crippen LogP contribution in [0.25, 0.3) is 0 Å². The number of carbonyl (C=O) groups excluding carboxylic acids is 5. The molecule has 1 unspecified atom stereocenters. The van der Waals surface area contributed by atoms with Crippen LogP contribution in [0.1, 0.15) is 68.1 Å². The van der Waals surface area contributed by atoms with Gasteiger partial charge in [-0.1, -0.05) is 42.8 Å². The van der Waals surface area contributed by atoms with Gasteiger partial charge in [-0.15, -0.1) is 0 Å². The Morgan fingerprint density at radius 1 is 0.853 bits per heavy atom. The molecule has 2 aromatic rings. The van der Waals surface area contributed by atoms with E-state index in [1.807, 2.05) is 0 Å². The SMILES string of the molecule is CCC(C/C(C)=C/CN1C(=O)c2ccccc2C1=O)(C(=O)OC)N1C(=O)c2ccccc2C1=O. The van der Waals surface area contributed by atoms with Crippen LogP contribution in [0.4, 0.5) is 0 Å². The Bertz CT molecular complexity index is 1190. The zero-order valence-electron chi connectivity index (χ0n) is 19.2. The monoisotopic (exact) mass is 460 g/mol. The van der Waals surface area contributed by atoms with E-state index in [0.717, 1.165) is 9.80 Å². The van der Waals surface area contributed by atoms with E-state index in [1.165, 1.54) is 7.11 Å². The van der Waals surface area contributed by atoms with Crippen LogP contribution in [0.5, 0.6) is 0 Å². The average molecular weight is 460 g/mol. The minimum absolute atomic E-state index is 0.00126. The van der Waals surface area contributed by atoms with Gasteiger partial charge in [-0.25, -0.2) is 4.79 Å². The lowest BCUT2D eigenvalue weighted by molar-refractivity contribution is -0.152. The van der Waals surface area contributed by atoms with Gasteiger partial charge in [0.1, 0.15) is 0 Å². The highest BCUT2D eigenvalue weighted by Crippen LogP contribution is 2.36. The number of rotatable bonds is 7. The van der Waals surface area contributed by atoms with Crippen molar-refractivity contribution in [3.05, 3.63) is 82.4 Å². The standard InChI is InChI=1S/C26H24N2O6/c1-4-26(25(33)34-3,28-23(31)19-11-7-8-12-20(19)24(28)32)15-16(2)13-14-27-21(29)17-9-5-6-10-18(17)22(27)30/h5-13H,4,14-15H2,1-3H3/b16-13+. The number of benzene rings is 2. The summed E-state index contributed by atoms with van der Waals surface area (Å²) >= 11 is 0. The third-order valence-corrected chi connectivity index (χ3v) is 6.44. The van der Waals surface area contributed by atoms with E-state index in [2.05, 4.69) is 0 Å². The molecule has 4 amide bonds. The lowest BCUT2D eigenvalue weighted by Crippen LogP contribution is -2.57. The molecular weight excluding hydrogens is 436 g/mol. The summed E-state index contributed by atoms with van der Waals surface area (Å²) in [6.45, 7) is 3.43. The first-order valence-electron chi connectivity index (χ1n) is 10.9. The van der Waals surface area contributed by atoms with Gasteiger partial charge in [-0.05, 0) is 37.6 Å². The molecule has 0 bridgehead atoms. The van der Waals surface area contributed by atoms with E-state index in [1.54, 1.807) is 68.5 Å². The van der Waals surface area contributed by atoms with Gasteiger partial charge in [-0.2, -0.15) is 0 Å². The minimum Gasteiger partial charge on any atom is -0.467 e. The van der Waals surface area contributed by atoms with Crippen molar-refractivity contribution in [3.8, 4) is 0 Å². The molecule has 0 N–H and O–H groups in total. The molecule has 0 spiro atoms. The van der Waals surface area contributed by atoms with Gasteiger partial charge < -0.3 is 4.74 Å². The van der Waals surface area contributed by atoms with Crippen molar-refractivity contribution < 1.29 is 28.7 Å². The number of hydrogen-bond acceptors (Lipinski definition) is 6. The summed E-state index contributed by atoms with van der Waals surface area (Å²) in [7, 11) is 1.21. The quantitative estimate of drug-likeness (QED) is 0.357. The van der Waals surface area contributed by atoms with Crippen molar-refractivity contribution in [2.45, 2.75) is 32.2 Å². The normalized spacial score (nSPS) is 17.1. The van der Waals surface area contributed by atoms with Gasteiger partial charge in [0.25, 0.3) is 23.6 Å². The molecule has 0 aliphatic carbocycles. The fourth-order valence-corrected chi connectivity index (χ4v) is 4.62. The predicted molar refractivity (Wildman–Crippen MR) is 122 cm³/mol. The topological polar surface area (TPSA) is 101 Å². The third-order valence-electron chi connectivity index (χ3n) is 6.44. The second kappa shape index (κ2) is 8.70. The van der Waals surface area contributed by atoms with Crippen LogP contribution in [0.15, 0.2) is 60.2 Å². The second-order valence-electron chi connectivity index (χ2n) is 8.36. The van der Waals surface area contributed by atoms with Crippen molar-refractivity contribution >= 4 is 29.6 Å². The number of methoxy groups -OCH3 is 1. The number of amides is 4. The van der Waals surface area contributed by atoms with Crippen molar-refractivity contribution in [2.75, 3.05) is 13.7 Å². The molecule has 174 valence electrons. The number of ether oxygens (including phenoxy) is 1. The number of carbonyl (C=O) groups is 5. The first-order valence-corrected chi connectivity index (χ1v) is 10.9. The molecule has 0 radical (unpaired) electrons. The second-order valence-corrected chi connectivity index (χ2v) is 8.36. The Kier molecular flexibility index (Phi) is 5.91. The smallest absolute Gasteiger partial charge is 0.332 e. The molecule has 2 aliphatic rings. The predicted octanol–water partition coefficient (Wildman–Crippen LogP) is 3.24. The van der Waals surface area contributed by atoms with Crippen molar-refractivity contribution in [1.82, 2.24) is 9.80 Å². The van der Waals surface area contributed by atoms with Crippen molar-refractivity contribution in [2.24, 2.45) is 0 Å². The molecule has 4 rings (SSSR count). The molecule has 8 nitrogen and oxygen atoms in total. The van der Waals surface area contributed by atoms with Gasteiger partial charge in [0.15, 0.2) is 5.54 Å². The molecule has 2 aliphatic heterocycles. The zero-order valence-corrected chi connectivity index (χ0v) is 19.2. The first-order chi connectivity index (χ1) is 16.3. The van der Waals surface area contributed by atoms with Crippen LogP contribution in [0, 0.1) is 0 Å². The lowest BCUT2D eigenvalue weighted by Gasteiger charge is -2.37. The van der Waals surface area contributed by atoms with E-state index in [4.69, 9.17) is 4.74 Å². The fraction of sp³-hybridized carbons (Fsp3) is 0.269. The van der Waals surface area contributed by atoms with Crippen molar-refractivity contribution in [1.29, 1.82) is 0 Å². The highest BCUT2D eigenvalue weighted by Gasteiger charge is 2.53. The highest BCUT2D eigenvalue weighted by atomic mass is 16.5. The van der Waals surface area contributed by atoms with E-state index in [0.29, 0.717) is 16.7 Å². The summed E-state index contributed by atoms with van der Waals surface area (Å²) in [4.78, 5) is 66.8. The van der Waals surface area contributed by atoms with Gasteiger partial charge in [0.05, 0.1) is 29.4 Å². The van der Waals surface area contributed by atoms with E-state index >= 15 is 0 Å². The van der Waals surface area contributed by atoms with E-state index < -0.39 is 23.3 Å². The van der Waals surface area contributed by atoms with Gasteiger partial charge in [-0.3, -0.25) is 29.0 Å². The number of imide groups is 2. The van der Waals surface area contributed by atoms with Crippen LogP contribution >= 0.6 is 0 Å². The molecule has 0 fully saturated rings. The Morgan fingerprint density at radius 2 is 1.29 bits per heavy atom. The van der Waals surface area contributed by atoms with Crippen LogP contribution in [0.2, 0.25) is 0 Å². The highest BCUT2D eigenvalue weighted by molar-refractivity contribution is 6.23. The summed E-state index contributed by atoms with van der Waals surface area (Å²) in [5, 5.41) is 0. The summed E-state index contributed by atoms with van der Waals surface area (Å²) in [5.41, 5.74) is 0.234. The first kappa shape index (κ1) is 23.1. The molecule has 0 aromatic heterocycles. The lowest BCUT2D eigenvalue weighted by atomic mass is 9.86. The Hall–Kier alpha value is -4.07. The van der Waals surface area contributed by atoms with Crippen LogP contribution in [-0.4, -0.2) is 58.6 Å². The molecule has 0 saturated heterocycles. The molecule has 34 heavy (non-hydrogen) atoms. The number of hydrogen-bond donors (Lipinski definition) is 0. The number of nitrogens with zero attached hydrogens (tertiary/aromatic N) is 2. The van der Waals surface area contributed by atoms with Gasteiger partial charge in [0, 0.05) is 13.0 Å². The summed E-state index contributed by atoms with van der Waals surface area (Å²) < 4.78 is 5.04. The maximum Gasteiger partial charge on any atom is 0.332 e. The maximum atomic E-state index is 13.2. The van der Waals surface area contributed by atoms with Gasteiger partial charge in [0.2, 0.25) is 0 Å². The van der Waals surface area contributed by atoms with Crippen molar-refractivity contribution in [3.63, 3.8) is 0 Å². The summed E-state index contributed by atoms with van der Waals surface area (Å²) in [5.74, 6) is -2.60. The third kappa shape index (κ3) is 3.42. The van der Waals surface area contributed by atoms with E-state index in [9.17, 15) is 24.0 Å². The molecule has 0 saturated carbocycles. The zero-order chi connectivity index (χ0) is 24.6. The van der Waals surface area contributed by atoms with E-state index in [-0.39, 0.29) is 42.3 Å². The molecule has 2 aromatic carbocycles. The number of fused-ring (bicyclic) bond motifs is 2. The maximum absolute atomic E-state index is 13.2. The number of esters is 1. The largest absolute Gasteiger partial charge is 0.467 e. The van der Waals surface area contributed by atoms with Crippen LogP contribution < -0.4 is 0 Å². The van der Waals surface area contributed by atoms with Crippen LogP contribution in [-0.2, 0) is 9.53 Å².